The van der Waals surface area contributed by atoms with E-state index in [0.717, 1.165) is 40.6 Å². The molecule has 1 heterocycles. The lowest BCUT2D eigenvalue weighted by atomic mass is 9.86. The minimum atomic E-state index is -0.301. The number of hydrogen-bond acceptors (Lipinski definition) is 4. The van der Waals surface area contributed by atoms with E-state index in [9.17, 15) is 9.18 Å². The van der Waals surface area contributed by atoms with Crippen LogP contribution in [-0.2, 0) is 18.3 Å². The van der Waals surface area contributed by atoms with Crippen LogP contribution in [0.25, 0.3) is 11.3 Å². The van der Waals surface area contributed by atoms with Crippen molar-refractivity contribution in [2.75, 3.05) is 14.2 Å². The number of rotatable bonds is 4. The number of ether oxygens (including phenoxy) is 1. The number of aromatic nitrogens is 2. The fourth-order valence-electron chi connectivity index (χ4n) is 4.09. The fraction of sp³-hybridized carbons (Fsp3) is 0.292. The number of benzene rings is 2. The molecule has 0 radical (unpaired) electrons. The Kier molecular flexibility index (Phi) is 7.86. The van der Waals surface area contributed by atoms with Crippen LogP contribution in [0.4, 0.5) is 4.39 Å². The summed E-state index contributed by atoms with van der Waals surface area (Å²) in [5.41, 5.74) is 4.27. The van der Waals surface area contributed by atoms with Gasteiger partial charge >= 0.3 is 0 Å². The molecule has 1 N–H and O–H groups in total. The van der Waals surface area contributed by atoms with Gasteiger partial charge in [-0.3, -0.25) is 14.3 Å². The Labute approximate surface area is 199 Å². The molecule has 1 unspecified atom stereocenters. The zero-order valence-electron chi connectivity index (χ0n) is 18.6. The Morgan fingerprint density at radius 1 is 1.30 bits per heavy atom. The highest BCUT2D eigenvalue weighted by atomic mass is 79.9. The average Bonchev–Trinajstić information content (AvgIpc) is 3.19. The number of methoxy groups -OCH3 is 1. The van der Waals surface area contributed by atoms with E-state index in [2.05, 4.69) is 33.2 Å². The van der Waals surface area contributed by atoms with Crippen LogP contribution < -0.4 is 4.74 Å². The Morgan fingerprint density at radius 2 is 1.97 bits per heavy atom. The number of aryl methyl sites for hydroxylation is 2. The molecule has 0 saturated carbocycles. The maximum Gasteiger partial charge on any atom is 0.290 e. The lowest BCUT2D eigenvalue weighted by Crippen LogP contribution is -2.34. The number of carbonyl (C=O) groups excluding carboxylic acids is 1. The van der Waals surface area contributed by atoms with Gasteiger partial charge in [0, 0.05) is 19.7 Å². The fourth-order valence-corrected chi connectivity index (χ4v) is 4.61. The van der Waals surface area contributed by atoms with E-state index < -0.39 is 0 Å². The zero-order valence-corrected chi connectivity index (χ0v) is 20.2. The van der Waals surface area contributed by atoms with Gasteiger partial charge in [0.1, 0.15) is 17.3 Å². The Bertz CT molecular complexity index is 1150. The topological polar surface area (TPSA) is 84.7 Å². The summed E-state index contributed by atoms with van der Waals surface area (Å²) in [6, 6.07) is 12.0. The van der Waals surface area contributed by atoms with Crippen molar-refractivity contribution >= 4 is 28.3 Å². The molecule has 9 heteroatoms. The summed E-state index contributed by atoms with van der Waals surface area (Å²) in [6.45, 7) is -0.250. The van der Waals surface area contributed by atoms with Gasteiger partial charge in [-0.25, -0.2) is 4.39 Å². The van der Waals surface area contributed by atoms with Crippen LogP contribution in [0, 0.1) is 5.82 Å². The smallest absolute Gasteiger partial charge is 0.290 e. The van der Waals surface area contributed by atoms with Crippen LogP contribution in [0.3, 0.4) is 0 Å². The summed E-state index contributed by atoms with van der Waals surface area (Å²) in [5, 5.41) is 11.4. The van der Waals surface area contributed by atoms with Crippen molar-refractivity contribution in [2.24, 2.45) is 7.05 Å². The van der Waals surface area contributed by atoms with Crippen LogP contribution in [0.5, 0.6) is 5.75 Å². The van der Waals surface area contributed by atoms with Gasteiger partial charge in [0.15, 0.2) is 0 Å². The minimum absolute atomic E-state index is 0.0207. The van der Waals surface area contributed by atoms with Gasteiger partial charge in [-0.2, -0.15) is 5.10 Å². The minimum Gasteiger partial charge on any atom is -0.496 e. The lowest BCUT2D eigenvalue weighted by Gasteiger charge is -2.33. The Balaban J connectivity index is 0.000000968. The maximum atomic E-state index is 13.4. The summed E-state index contributed by atoms with van der Waals surface area (Å²) in [5.74, 6) is 0.409. The SMILES string of the molecule is COc1cc2c(cc1Br)C(N(C)C(=O)c1cc(-c3ccc(F)cc3)nn1C)CCC2.O=CO. The predicted molar refractivity (Wildman–Crippen MR) is 126 cm³/mol. The van der Waals surface area contributed by atoms with Crippen molar-refractivity contribution in [3.63, 3.8) is 0 Å². The third-order valence-electron chi connectivity index (χ3n) is 5.72. The van der Waals surface area contributed by atoms with E-state index in [1.54, 1.807) is 41.9 Å². The van der Waals surface area contributed by atoms with Crippen LogP contribution in [0.1, 0.15) is 40.5 Å². The van der Waals surface area contributed by atoms with E-state index >= 15 is 0 Å². The highest BCUT2D eigenvalue weighted by Gasteiger charge is 2.30. The van der Waals surface area contributed by atoms with Crippen molar-refractivity contribution in [2.45, 2.75) is 25.3 Å². The zero-order chi connectivity index (χ0) is 24.1. The molecule has 1 aliphatic rings. The van der Waals surface area contributed by atoms with Crippen LogP contribution in [-0.4, -0.2) is 46.3 Å². The van der Waals surface area contributed by atoms with Crippen molar-refractivity contribution in [1.82, 2.24) is 14.7 Å². The predicted octanol–water partition coefficient (Wildman–Crippen LogP) is 4.85. The second kappa shape index (κ2) is 10.6. The molecule has 4 rings (SSSR count). The molecule has 0 saturated heterocycles. The normalized spacial score (nSPS) is 14.5. The highest BCUT2D eigenvalue weighted by Crippen LogP contribution is 2.39. The third kappa shape index (κ3) is 5.24. The van der Waals surface area contributed by atoms with Crippen molar-refractivity contribution < 1.29 is 23.8 Å². The van der Waals surface area contributed by atoms with E-state index in [-0.39, 0.29) is 24.2 Å². The summed E-state index contributed by atoms with van der Waals surface area (Å²) < 4.78 is 21.1. The number of amides is 1. The number of carboxylic acid groups (broad SMARTS) is 1. The number of nitrogens with zero attached hydrogens (tertiary/aromatic N) is 3. The molecule has 0 fully saturated rings. The van der Waals surface area contributed by atoms with Crippen molar-refractivity contribution in [3.05, 3.63) is 69.6 Å². The molecule has 3 aromatic rings. The van der Waals surface area contributed by atoms with Gasteiger partial charge in [0.05, 0.1) is 23.3 Å². The van der Waals surface area contributed by atoms with Crippen LogP contribution in [0.15, 0.2) is 46.9 Å². The summed E-state index contributed by atoms with van der Waals surface area (Å²) in [6.07, 6.45) is 2.88. The summed E-state index contributed by atoms with van der Waals surface area (Å²) >= 11 is 3.57. The molecule has 33 heavy (non-hydrogen) atoms. The molecule has 0 spiro atoms. The average molecular weight is 518 g/mol. The molecular formula is C24H25BrFN3O4. The number of hydrogen-bond donors (Lipinski definition) is 1. The second-order valence-electron chi connectivity index (χ2n) is 7.66. The van der Waals surface area contributed by atoms with Crippen LogP contribution >= 0.6 is 15.9 Å². The van der Waals surface area contributed by atoms with E-state index in [1.807, 2.05) is 7.05 Å². The highest BCUT2D eigenvalue weighted by molar-refractivity contribution is 9.10. The van der Waals surface area contributed by atoms with Gasteiger partial charge in [-0.15, -0.1) is 0 Å². The molecule has 0 bridgehead atoms. The van der Waals surface area contributed by atoms with Gasteiger partial charge in [0.2, 0.25) is 0 Å². The van der Waals surface area contributed by atoms with Crippen molar-refractivity contribution in [3.8, 4) is 17.0 Å². The van der Waals surface area contributed by atoms with Crippen molar-refractivity contribution in [1.29, 1.82) is 0 Å². The molecule has 7 nitrogen and oxygen atoms in total. The molecule has 174 valence electrons. The second-order valence-corrected chi connectivity index (χ2v) is 8.51. The first-order valence-corrected chi connectivity index (χ1v) is 11.1. The molecule has 2 aromatic carbocycles. The number of carbonyl (C=O) groups is 2. The van der Waals surface area contributed by atoms with E-state index in [4.69, 9.17) is 14.6 Å². The van der Waals surface area contributed by atoms with E-state index in [0.29, 0.717) is 11.4 Å². The molecular weight excluding hydrogens is 493 g/mol. The Morgan fingerprint density at radius 3 is 2.61 bits per heavy atom. The molecule has 1 aliphatic carbocycles. The molecule has 1 aromatic heterocycles. The number of fused-ring (bicyclic) bond motifs is 1. The quantitative estimate of drug-likeness (QED) is 0.500. The lowest BCUT2D eigenvalue weighted by molar-refractivity contribution is -0.122. The monoisotopic (exact) mass is 517 g/mol. The standard InChI is InChI=1S/C23H23BrFN3O2.CH2O2/c1-27(20-6-4-5-15-11-22(30-3)18(24)12-17(15)20)23(29)21-13-19(26-28(21)2)14-7-9-16(25)10-8-14;2-1-3/h7-13,20H,4-6H2,1-3H3;1H,(H,2,3). The van der Waals surface area contributed by atoms with Gasteiger partial charge < -0.3 is 14.7 Å². The summed E-state index contributed by atoms with van der Waals surface area (Å²) in [7, 11) is 5.25. The van der Waals surface area contributed by atoms with Crippen LogP contribution in [0.2, 0.25) is 0 Å². The molecule has 0 aliphatic heterocycles. The first-order valence-electron chi connectivity index (χ1n) is 10.3. The van der Waals surface area contributed by atoms with Gasteiger partial charge in [0.25, 0.3) is 12.4 Å². The Hall–Kier alpha value is -3.20. The maximum absolute atomic E-state index is 13.4. The first-order chi connectivity index (χ1) is 15.8. The third-order valence-corrected chi connectivity index (χ3v) is 6.34. The van der Waals surface area contributed by atoms with Gasteiger partial charge in [-0.05, 0) is 88.8 Å². The molecule has 1 amide bonds. The summed E-state index contributed by atoms with van der Waals surface area (Å²) in [4.78, 5) is 23.5. The van der Waals surface area contributed by atoms with Gasteiger partial charge in [-0.1, -0.05) is 0 Å². The first kappa shape index (κ1) is 24.4. The van der Waals surface area contributed by atoms with E-state index in [1.165, 1.54) is 17.7 Å². The number of halogens is 2. The molecule has 1 atom stereocenters. The largest absolute Gasteiger partial charge is 0.496 e.